The van der Waals surface area contributed by atoms with Crippen LogP contribution in [-0.4, -0.2) is 27.2 Å². The van der Waals surface area contributed by atoms with Crippen LogP contribution >= 0.6 is 8.17 Å². The molecule has 1 aliphatic rings. The lowest BCUT2D eigenvalue weighted by Gasteiger charge is -2.16. The second-order valence-electron chi connectivity index (χ2n) is 8.77. The number of fused-ring (bicyclic) bond motifs is 1. The zero-order chi connectivity index (χ0) is 26.4. The molecule has 0 spiro atoms. The Bertz CT molecular complexity index is 1310. The van der Waals surface area contributed by atoms with Gasteiger partial charge in [-0.05, 0) is 74.9 Å². The van der Waals surface area contributed by atoms with Crippen molar-refractivity contribution < 1.29 is 33.9 Å². The van der Waals surface area contributed by atoms with Crippen molar-refractivity contribution in [3.8, 4) is 23.0 Å². The molecule has 194 valence electrons. The number of aromatic hydroxyl groups is 1. The van der Waals surface area contributed by atoms with Gasteiger partial charge in [-0.25, -0.2) is 4.79 Å². The Morgan fingerprint density at radius 1 is 1.16 bits per heavy atom. The highest BCUT2D eigenvalue weighted by molar-refractivity contribution is 7.34. The number of hydrogen-bond donors (Lipinski definition) is 2. The van der Waals surface area contributed by atoms with E-state index in [-0.39, 0.29) is 30.5 Å². The van der Waals surface area contributed by atoms with Crippen LogP contribution in [0.1, 0.15) is 47.7 Å². The Hall–Kier alpha value is -3.52. The Morgan fingerprint density at radius 3 is 2.65 bits per heavy atom. The average molecular weight is 525 g/mol. The number of para-hydroxylation sites is 2. The van der Waals surface area contributed by atoms with Crippen molar-refractivity contribution >= 4 is 14.1 Å². The summed E-state index contributed by atoms with van der Waals surface area (Å²) in [6, 6.07) is 11.2. The lowest BCUT2D eigenvalue weighted by Crippen LogP contribution is -2.21. The highest BCUT2D eigenvalue weighted by Crippen LogP contribution is 2.34. The highest BCUT2D eigenvalue weighted by Gasteiger charge is 2.21. The van der Waals surface area contributed by atoms with Crippen LogP contribution in [0.25, 0.3) is 0 Å². The zero-order valence-electron chi connectivity index (χ0n) is 20.7. The summed E-state index contributed by atoms with van der Waals surface area (Å²) >= 11 is 0. The van der Waals surface area contributed by atoms with Gasteiger partial charge in [-0.3, -0.25) is 9.51 Å². The average Bonchev–Trinajstić information content (AvgIpc) is 2.90. The van der Waals surface area contributed by atoms with E-state index in [0.717, 1.165) is 19.3 Å². The quantitative estimate of drug-likeness (QED) is 0.241. The van der Waals surface area contributed by atoms with Crippen molar-refractivity contribution in [2.75, 3.05) is 0 Å². The van der Waals surface area contributed by atoms with Crippen LogP contribution in [0.3, 0.4) is 0 Å². The molecule has 2 atom stereocenters. The van der Waals surface area contributed by atoms with E-state index < -0.39 is 20.2 Å². The molecule has 2 unspecified atom stereocenters. The fourth-order valence-electron chi connectivity index (χ4n) is 4.06. The van der Waals surface area contributed by atoms with Gasteiger partial charge in [-0.2, -0.15) is 0 Å². The van der Waals surface area contributed by atoms with Crippen LogP contribution in [0.4, 0.5) is 0 Å². The van der Waals surface area contributed by atoms with Crippen molar-refractivity contribution in [3.05, 3.63) is 76.6 Å². The Morgan fingerprint density at radius 2 is 1.89 bits per heavy atom. The van der Waals surface area contributed by atoms with Crippen molar-refractivity contribution in [2.45, 2.75) is 58.8 Å². The summed E-state index contributed by atoms with van der Waals surface area (Å²) in [4.78, 5) is 29.2. The molecule has 1 heterocycles. The van der Waals surface area contributed by atoms with Crippen molar-refractivity contribution in [1.82, 2.24) is 4.98 Å². The van der Waals surface area contributed by atoms with E-state index in [4.69, 9.17) is 14.0 Å². The summed E-state index contributed by atoms with van der Waals surface area (Å²) in [6.07, 6.45) is 5.79. The van der Waals surface area contributed by atoms with Gasteiger partial charge in [-0.1, -0.05) is 22.9 Å². The van der Waals surface area contributed by atoms with Gasteiger partial charge < -0.3 is 24.6 Å². The molecule has 2 aromatic carbocycles. The third-order valence-corrected chi connectivity index (χ3v) is 7.03. The van der Waals surface area contributed by atoms with E-state index in [0.29, 0.717) is 22.6 Å². The number of carbonyl (C=O) groups excluding carboxylic acids is 1. The summed E-state index contributed by atoms with van der Waals surface area (Å²) < 4.78 is 20.7. The fraction of sp³-hybridized carbons (Fsp3) is 0.333. The van der Waals surface area contributed by atoms with Gasteiger partial charge in [-0.15, -0.1) is 0 Å². The normalized spacial score (nSPS) is 14.0. The smallest absolute Gasteiger partial charge is 0.395 e. The largest absolute Gasteiger partial charge is 0.575 e. The first-order valence-electron chi connectivity index (χ1n) is 12.0. The SMILES string of the molecule is Cc1ncc(COc2ccccc2O[P+]([O-])=NC(C)C(=O)Oc2ccc3c(c2)CCCC3)c(CO)c1O. The fourth-order valence-corrected chi connectivity index (χ4v) is 4.80. The lowest BCUT2D eigenvalue weighted by molar-refractivity contribution is -0.169. The molecular weight excluding hydrogens is 495 g/mol. The van der Waals surface area contributed by atoms with E-state index >= 15 is 0 Å². The molecule has 9 nitrogen and oxygen atoms in total. The van der Waals surface area contributed by atoms with Gasteiger partial charge in [0.15, 0.2) is 11.8 Å². The second-order valence-corrected chi connectivity index (χ2v) is 9.66. The molecule has 37 heavy (non-hydrogen) atoms. The summed E-state index contributed by atoms with van der Waals surface area (Å²) in [5.41, 5.74) is 3.68. The molecule has 1 aromatic heterocycles. The number of carbonyl (C=O) groups is 1. The highest BCUT2D eigenvalue weighted by atomic mass is 31.1. The van der Waals surface area contributed by atoms with Gasteiger partial charge in [0.2, 0.25) is 5.75 Å². The lowest BCUT2D eigenvalue weighted by atomic mass is 9.92. The van der Waals surface area contributed by atoms with Crippen molar-refractivity contribution in [1.29, 1.82) is 0 Å². The number of aliphatic hydroxyl groups is 1. The van der Waals surface area contributed by atoms with Gasteiger partial charge in [0.05, 0.1) is 12.3 Å². The van der Waals surface area contributed by atoms with Crippen LogP contribution in [-0.2, 0) is 30.8 Å². The maximum absolute atomic E-state index is 12.6. The number of nitrogens with zero attached hydrogens (tertiary/aromatic N) is 2. The molecule has 0 amide bonds. The predicted octanol–water partition coefficient (Wildman–Crippen LogP) is 4.27. The molecule has 0 saturated carbocycles. The van der Waals surface area contributed by atoms with E-state index in [2.05, 4.69) is 9.73 Å². The Kier molecular flexibility index (Phi) is 8.71. The van der Waals surface area contributed by atoms with Crippen LogP contribution < -0.4 is 18.9 Å². The van der Waals surface area contributed by atoms with Crippen LogP contribution in [0, 0.1) is 6.92 Å². The molecular formula is C27H29N2O7P. The first-order chi connectivity index (χ1) is 17.9. The van der Waals surface area contributed by atoms with Crippen LogP contribution in [0.15, 0.2) is 53.4 Å². The number of ether oxygens (including phenoxy) is 2. The van der Waals surface area contributed by atoms with E-state index in [1.807, 2.05) is 12.1 Å². The first-order valence-corrected chi connectivity index (χ1v) is 13.2. The monoisotopic (exact) mass is 524 g/mol. The van der Waals surface area contributed by atoms with Crippen molar-refractivity contribution in [3.63, 3.8) is 0 Å². The molecule has 0 bridgehead atoms. The minimum absolute atomic E-state index is 0.0193. The molecule has 3 aromatic rings. The Balaban J connectivity index is 1.40. The summed E-state index contributed by atoms with van der Waals surface area (Å²) in [5.74, 6) is 0.162. The van der Waals surface area contributed by atoms with Gasteiger partial charge in [0.1, 0.15) is 18.1 Å². The van der Waals surface area contributed by atoms with E-state index in [1.165, 1.54) is 30.7 Å². The number of esters is 1. The molecule has 1 aliphatic carbocycles. The minimum Gasteiger partial charge on any atom is -0.575 e. The van der Waals surface area contributed by atoms with E-state index in [9.17, 15) is 19.9 Å². The molecule has 0 saturated heterocycles. The standard InChI is InChI=1S/C27H29N2O7P/c1-17-26(31)23(15-30)21(14-28-17)16-34-24-9-5-6-10-25(24)36-37(33)29-18(2)27(32)35-22-12-11-19-7-3-4-8-20(19)13-22/h5-6,9-14,18,30-31H,3-4,7-8,15-16H2,1-2H3. The van der Waals surface area contributed by atoms with Crippen LogP contribution in [0.5, 0.6) is 23.0 Å². The maximum atomic E-state index is 12.6. The Labute approximate surface area is 216 Å². The number of rotatable bonds is 9. The number of aromatic nitrogens is 1. The van der Waals surface area contributed by atoms with Crippen LogP contribution in [0.2, 0.25) is 0 Å². The predicted molar refractivity (Wildman–Crippen MR) is 135 cm³/mol. The summed E-state index contributed by atoms with van der Waals surface area (Å²) in [5, 5.41) is 19.7. The molecule has 2 N–H and O–H groups in total. The number of benzene rings is 2. The van der Waals surface area contributed by atoms with E-state index in [1.54, 1.807) is 37.3 Å². The zero-order valence-corrected chi connectivity index (χ0v) is 21.6. The number of pyridine rings is 1. The topological polar surface area (TPSA) is 134 Å². The summed E-state index contributed by atoms with van der Waals surface area (Å²) in [6.45, 7) is 2.73. The number of aliphatic hydroxyl groups excluding tert-OH is 1. The minimum atomic E-state index is -2.61. The molecule has 10 heteroatoms. The molecule has 0 aliphatic heterocycles. The van der Waals surface area contributed by atoms with Gasteiger partial charge in [0, 0.05) is 17.3 Å². The molecule has 0 fully saturated rings. The second kappa shape index (κ2) is 12.1. The van der Waals surface area contributed by atoms with Gasteiger partial charge in [0.25, 0.3) is 0 Å². The first kappa shape index (κ1) is 26.5. The third kappa shape index (κ3) is 6.63. The third-order valence-electron chi connectivity index (χ3n) is 6.14. The van der Waals surface area contributed by atoms with Crippen molar-refractivity contribution in [2.24, 2.45) is 4.74 Å². The number of aryl methyl sites for hydroxylation is 3. The van der Waals surface area contributed by atoms with Gasteiger partial charge >= 0.3 is 14.1 Å². The maximum Gasteiger partial charge on any atom is 0.395 e. The number of hydrogen-bond acceptors (Lipinski definition) is 9. The molecule has 0 radical (unpaired) electrons. The summed E-state index contributed by atoms with van der Waals surface area (Å²) in [7, 11) is -2.61. The molecule has 4 rings (SSSR count).